The van der Waals surface area contributed by atoms with Crippen molar-refractivity contribution in [2.75, 3.05) is 49.1 Å². The molecule has 10 nitrogen and oxygen atoms in total. The fraction of sp³-hybridized carbons (Fsp3) is 0.619. The van der Waals surface area contributed by atoms with Crippen LogP contribution in [0.3, 0.4) is 0 Å². The molecule has 2 saturated heterocycles. The maximum absolute atomic E-state index is 12.6. The Morgan fingerprint density at radius 1 is 1.19 bits per heavy atom. The Bertz CT molecular complexity index is 986. The Labute approximate surface area is 188 Å². The van der Waals surface area contributed by atoms with E-state index >= 15 is 0 Å². The van der Waals surface area contributed by atoms with E-state index in [9.17, 15) is 18.0 Å². The van der Waals surface area contributed by atoms with E-state index in [1.54, 1.807) is 6.20 Å². The minimum Gasteiger partial charge on any atom is -0.354 e. The smallest absolute Gasteiger partial charge is 0.267 e. The van der Waals surface area contributed by atoms with E-state index in [2.05, 4.69) is 32.1 Å². The lowest BCUT2D eigenvalue weighted by atomic mass is 10.1. The third-order valence-corrected chi connectivity index (χ3v) is 8.03. The number of hydrogen-bond acceptors (Lipinski definition) is 8. The summed E-state index contributed by atoms with van der Waals surface area (Å²) in [6, 6.07) is 3.45. The van der Waals surface area contributed by atoms with Gasteiger partial charge in [0.25, 0.3) is 5.91 Å². The highest BCUT2D eigenvalue weighted by Crippen LogP contribution is 2.22. The van der Waals surface area contributed by atoms with E-state index in [0.29, 0.717) is 13.0 Å². The van der Waals surface area contributed by atoms with Gasteiger partial charge in [-0.05, 0) is 24.6 Å². The van der Waals surface area contributed by atoms with E-state index in [1.165, 1.54) is 5.01 Å². The number of aromatic nitrogens is 1. The Morgan fingerprint density at radius 2 is 1.97 bits per heavy atom. The molecule has 11 heteroatoms. The minimum absolute atomic E-state index is 0.0514. The number of nitrogens with zero attached hydrogens (tertiary/aromatic N) is 5. The molecule has 0 spiro atoms. The number of carbonyl (C=O) groups is 2. The molecule has 1 N–H and O–H groups in total. The number of hydrogen-bond donors (Lipinski definition) is 1. The molecule has 3 aliphatic heterocycles. The van der Waals surface area contributed by atoms with Gasteiger partial charge in [0.15, 0.2) is 9.84 Å². The highest BCUT2D eigenvalue weighted by atomic mass is 32.2. The van der Waals surface area contributed by atoms with Crippen molar-refractivity contribution in [3.8, 4) is 0 Å². The lowest BCUT2D eigenvalue weighted by Gasteiger charge is -2.34. The predicted octanol–water partition coefficient (Wildman–Crippen LogP) is 0.00520. The highest BCUT2D eigenvalue weighted by Gasteiger charge is 2.37. The zero-order valence-electron chi connectivity index (χ0n) is 18.4. The predicted molar refractivity (Wildman–Crippen MR) is 121 cm³/mol. The second-order valence-corrected chi connectivity index (χ2v) is 10.7. The second-order valence-electron chi connectivity index (χ2n) is 8.47. The van der Waals surface area contributed by atoms with Crippen LogP contribution in [0.4, 0.5) is 5.82 Å². The Hall–Kier alpha value is -2.53. The van der Waals surface area contributed by atoms with Crippen molar-refractivity contribution in [3.63, 3.8) is 0 Å². The molecule has 0 aromatic carbocycles. The first-order valence-corrected chi connectivity index (χ1v) is 13.0. The Kier molecular flexibility index (Phi) is 6.75. The average Bonchev–Trinajstić information content (AvgIpc) is 3.17. The largest absolute Gasteiger partial charge is 0.354 e. The van der Waals surface area contributed by atoms with Gasteiger partial charge >= 0.3 is 0 Å². The van der Waals surface area contributed by atoms with Crippen molar-refractivity contribution >= 4 is 33.2 Å². The molecule has 4 rings (SSSR count). The molecule has 1 atom stereocenters. The monoisotopic (exact) mass is 462 g/mol. The first kappa shape index (κ1) is 22.7. The first-order valence-electron chi connectivity index (χ1n) is 11.1. The fourth-order valence-corrected chi connectivity index (χ4v) is 5.97. The molecule has 174 valence electrons. The summed E-state index contributed by atoms with van der Waals surface area (Å²) in [6.07, 6.45) is 2.54. The third kappa shape index (κ3) is 5.26. The summed E-state index contributed by atoms with van der Waals surface area (Å²) < 4.78 is 23.5. The van der Waals surface area contributed by atoms with Crippen molar-refractivity contribution in [3.05, 3.63) is 23.9 Å². The van der Waals surface area contributed by atoms with Crippen LogP contribution in [-0.2, 0) is 26.0 Å². The molecule has 2 fully saturated rings. The number of anilines is 1. The number of carbonyl (C=O) groups excluding carboxylic acids is 2. The molecular weight excluding hydrogens is 432 g/mol. The molecule has 2 amide bonds. The average molecular weight is 463 g/mol. The number of likely N-dealkylation sites (N-methyl/N-ethyl adjacent to an activating group) is 1. The summed E-state index contributed by atoms with van der Waals surface area (Å²) in [5.41, 5.74) is 1.13. The van der Waals surface area contributed by atoms with Gasteiger partial charge in [-0.2, -0.15) is 5.10 Å². The fourth-order valence-electron chi connectivity index (χ4n) is 4.27. The van der Waals surface area contributed by atoms with Gasteiger partial charge < -0.3 is 15.1 Å². The summed E-state index contributed by atoms with van der Waals surface area (Å²) in [4.78, 5) is 34.0. The van der Waals surface area contributed by atoms with E-state index in [0.717, 1.165) is 44.1 Å². The zero-order chi connectivity index (χ0) is 22.7. The number of nitrogens with one attached hydrogen (secondary N) is 1. The topological polar surface area (TPSA) is 115 Å². The van der Waals surface area contributed by atoms with Crippen LogP contribution in [0.15, 0.2) is 23.4 Å². The Balaban J connectivity index is 1.32. The highest BCUT2D eigenvalue weighted by molar-refractivity contribution is 7.91. The van der Waals surface area contributed by atoms with E-state index in [-0.39, 0.29) is 41.9 Å². The molecule has 0 bridgehead atoms. The van der Waals surface area contributed by atoms with Crippen LogP contribution < -0.4 is 10.2 Å². The standard InChI is InChI=1S/C21H30N6O4S/c1-2-25-8-10-26(11-9-25)19-5-3-16(13-22-19)14-23-21(29)18-4-6-20(28)27(24-18)17-7-12-32(30,31)15-17/h3,5,13,17H,2,4,6-12,14-15H2,1H3,(H,23,29). The minimum atomic E-state index is -3.14. The van der Waals surface area contributed by atoms with Gasteiger partial charge in [0, 0.05) is 51.8 Å². The molecule has 1 aromatic heterocycles. The third-order valence-electron chi connectivity index (χ3n) is 6.28. The summed E-state index contributed by atoms with van der Waals surface area (Å²) in [5, 5.41) is 8.25. The maximum atomic E-state index is 12.6. The molecule has 0 aliphatic carbocycles. The summed E-state index contributed by atoms with van der Waals surface area (Å²) in [6.45, 7) is 7.51. The lowest BCUT2D eigenvalue weighted by molar-refractivity contribution is -0.133. The van der Waals surface area contributed by atoms with Gasteiger partial charge in [-0.25, -0.2) is 18.4 Å². The second kappa shape index (κ2) is 9.53. The molecule has 1 unspecified atom stereocenters. The van der Waals surface area contributed by atoms with E-state index < -0.39 is 15.9 Å². The molecule has 0 saturated carbocycles. The number of piperazine rings is 1. The molecule has 32 heavy (non-hydrogen) atoms. The van der Waals surface area contributed by atoms with Crippen LogP contribution >= 0.6 is 0 Å². The van der Waals surface area contributed by atoms with Gasteiger partial charge in [0.1, 0.15) is 11.5 Å². The number of pyridine rings is 1. The summed E-state index contributed by atoms with van der Waals surface area (Å²) >= 11 is 0. The molecule has 1 aromatic rings. The normalized spacial score (nSPS) is 23.8. The van der Waals surface area contributed by atoms with Crippen LogP contribution in [-0.4, -0.2) is 91.1 Å². The van der Waals surface area contributed by atoms with Crippen LogP contribution in [0.1, 0.15) is 31.7 Å². The van der Waals surface area contributed by atoms with Crippen molar-refractivity contribution < 1.29 is 18.0 Å². The van der Waals surface area contributed by atoms with Crippen LogP contribution in [0.25, 0.3) is 0 Å². The van der Waals surface area contributed by atoms with Gasteiger partial charge in [0.2, 0.25) is 5.91 Å². The van der Waals surface area contributed by atoms with Gasteiger partial charge in [-0.15, -0.1) is 0 Å². The van der Waals surface area contributed by atoms with E-state index in [4.69, 9.17) is 0 Å². The van der Waals surface area contributed by atoms with Crippen LogP contribution in [0.5, 0.6) is 0 Å². The van der Waals surface area contributed by atoms with Crippen molar-refractivity contribution in [1.29, 1.82) is 0 Å². The van der Waals surface area contributed by atoms with Crippen molar-refractivity contribution in [2.24, 2.45) is 5.10 Å². The number of sulfone groups is 1. The van der Waals surface area contributed by atoms with Gasteiger partial charge in [-0.1, -0.05) is 13.0 Å². The molecule has 0 radical (unpaired) electrons. The number of hydrazone groups is 1. The van der Waals surface area contributed by atoms with Crippen LogP contribution in [0.2, 0.25) is 0 Å². The number of rotatable bonds is 6. The quantitative estimate of drug-likeness (QED) is 0.633. The lowest BCUT2D eigenvalue weighted by Crippen LogP contribution is -2.46. The van der Waals surface area contributed by atoms with Gasteiger partial charge in [0.05, 0.1) is 17.5 Å². The van der Waals surface area contributed by atoms with Crippen molar-refractivity contribution in [1.82, 2.24) is 20.2 Å². The zero-order valence-corrected chi connectivity index (χ0v) is 19.2. The summed E-state index contributed by atoms with van der Waals surface area (Å²) in [7, 11) is -3.14. The molecule has 3 aliphatic rings. The molecular formula is C21H30N6O4S. The van der Waals surface area contributed by atoms with Crippen molar-refractivity contribution in [2.45, 2.75) is 38.8 Å². The SMILES string of the molecule is CCN1CCN(c2ccc(CNC(=O)C3=NN(C4CCS(=O)(=O)C4)C(=O)CC3)cn2)CC1. The van der Waals surface area contributed by atoms with Crippen LogP contribution in [0, 0.1) is 0 Å². The number of amides is 2. The van der Waals surface area contributed by atoms with E-state index in [1.807, 2.05) is 12.1 Å². The Morgan fingerprint density at radius 3 is 2.59 bits per heavy atom. The maximum Gasteiger partial charge on any atom is 0.267 e. The summed E-state index contributed by atoms with van der Waals surface area (Å²) in [5.74, 6) is 0.317. The molecule has 4 heterocycles. The van der Waals surface area contributed by atoms with Gasteiger partial charge in [-0.3, -0.25) is 9.59 Å². The first-order chi connectivity index (χ1) is 15.3.